The summed E-state index contributed by atoms with van der Waals surface area (Å²) < 4.78 is 0. The first-order chi connectivity index (χ1) is 5.22. The van der Waals surface area contributed by atoms with Crippen molar-refractivity contribution in [2.45, 2.75) is 25.3 Å². The molecule has 0 unspecified atom stereocenters. The van der Waals surface area contributed by atoms with E-state index in [1.165, 1.54) is 6.08 Å². The normalized spacial score (nSPS) is 19.3. The SMILES string of the molecule is C/C=C\C(=O)NC1(C#N)CC1. The van der Waals surface area contributed by atoms with Gasteiger partial charge in [0.2, 0.25) is 5.91 Å². The zero-order valence-corrected chi connectivity index (χ0v) is 6.42. The Morgan fingerprint density at radius 1 is 1.73 bits per heavy atom. The van der Waals surface area contributed by atoms with Crippen LogP contribution in [0.15, 0.2) is 12.2 Å². The minimum atomic E-state index is -0.531. The number of rotatable bonds is 2. The predicted octanol–water partition coefficient (Wildman–Crippen LogP) is 0.735. The Labute approximate surface area is 65.7 Å². The first-order valence-corrected chi connectivity index (χ1v) is 3.58. The maximum atomic E-state index is 10.9. The van der Waals surface area contributed by atoms with Crippen LogP contribution in [0.3, 0.4) is 0 Å². The Hall–Kier alpha value is -1.30. The van der Waals surface area contributed by atoms with Gasteiger partial charge in [0.1, 0.15) is 5.54 Å². The van der Waals surface area contributed by atoms with Gasteiger partial charge >= 0.3 is 0 Å². The van der Waals surface area contributed by atoms with Crippen molar-refractivity contribution in [3.05, 3.63) is 12.2 Å². The lowest BCUT2D eigenvalue weighted by Gasteiger charge is -2.04. The molecule has 1 rings (SSSR count). The molecule has 1 aliphatic rings. The summed E-state index contributed by atoms with van der Waals surface area (Å²) in [5.41, 5.74) is -0.531. The van der Waals surface area contributed by atoms with E-state index in [2.05, 4.69) is 11.4 Å². The average Bonchev–Trinajstić information content (AvgIpc) is 2.70. The van der Waals surface area contributed by atoms with Crippen LogP contribution in [0, 0.1) is 11.3 Å². The fraction of sp³-hybridized carbons (Fsp3) is 0.500. The molecule has 1 amide bonds. The molecule has 0 spiro atoms. The smallest absolute Gasteiger partial charge is 0.244 e. The van der Waals surface area contributed by atoms with Crippen LogP contribution in [-0.4, -0.2) is 11.4 Å². The number of carbonyl (C=O) groups is 1. The van der Waals surface area contributed by atoms with Crippen LogP contribution in [0.2, 0.25) is 0 Å². The summed E-state index contributed by atoms with van der Waals surface area (Å²) in [7, 11) is 0. The second-order valence-electron chi connectivity index (χ2n) is 2.68. The third-order valence-electron chi connectivity index (χ3n) is 1.64. The van der Waals surface area contributed by atoms with Gasteiger partial charge in [-0.1, -0.05) is 6.08 Å². The summed E-state index contributed by atoms with van der Waals surface area (Å²) >= 11 is 0. The van der Waals surface area contributed by atoms with Gasteiger partial charge in [0.05, 0.1) is 6.07 Å². The van der Waals surface area contributed by atoms with E-state index in [9.17, 15) is 4.79 Å². The third-order valence-corrected chi connectivity index (χ3v) is 1.64. The van der Waals surface area contributed by atoms with E-state index in [4.69, 9.17) is 5.26 Å². The molecule has 0 saturated heterocycles. The maximum absolute atomic E-state index is 10.9. The molecule has 0 aromatic rings. The Balaban J connectivity index is 2.44. The summed E-state index contributed by atoms with van der Waals surface area (Å²) in [6.45, 7) is 1.77. The number of carbonyl (C=O) groups excluding carboxylic acids is 1. The van der Waals surface area contributed by atoms with Crippen molar-refractivity contribution >= 4 is 5.91 Å². The zero-order chi connectivity index (χ0) is 8.32. The largest absolute Gasteiger partial charge is 0.334 e. The molecular formula is C8H10N2O. The van der Waals surface area contributed by atoms with Crippen LogP contribution < -0.4 is 5.32 Å². The van der Waals surface area contributed by atoms with Crippen LogP contribution in [0.4, 0.5) is 0 Å². The van der Waals surface area contributed by atoms with Crippen molar-refractivity contribution < 1.29 is 4.79 Å². The Morgan fingerprint density at radius 2 is 2.36 bits per heavy atom. The number of amides is 1. The van der Waals surface area contributed by atoms with Crippen LogP contribution >= 0.6 is 0 Å². The van der Waals surface area contributed by atoms with Crippen molar-refractivity contribution in [1.29, 1.82) is 5.26 Å². The van der Waals surface area contributed by atoms with E-state index >= 15 is 0 Å². The van der Waals surface area contributed by atoms with Gasteiger partial charge in [0.15, 0.2) is 0 Å². The molecule has 0 aliphatic heterocycles. The van der Waals surface area contributed by atoms with Gasteiger partial charge in [0, 0.05) is 0 Å². The number of nitrogens with zero attached hydrogens (tertiary/aromatic N) is 1. The number of allylic oxidation sites excluding steroid dienone is 1. The molecule has 3 nitrogen and oxygen atoms in total. The van der Waals surface area contributed by atoms with E-state index in [1.54, 1.807) is 13.0 Å². The molecule has 1 fully saturated rings. The van der Waals surface area contributed by atoms with Gasteiger partial charge in [-0.15, -0.1) is 0 Å². The van der Waals surface area contributed by atoms with Crippen molar-refractivity contribution in [1.82, 2.24) is 5.32 Å². The Morgan fingerprint density at radius 3 is 2.73 bits per heavy atom. The average molecular weight is 150 g/mol. The highest BCUT2D eigenvalue weighted by molar-refractivity contribution is 5.88. The third kappa shape index (κ3) is 1.81. The quantitative estimate of drug-likeness (QED) is 0.590. The summed E-state index contributed by atoms with van der Waals surface area (Å²) in [5, 5.41) is 11.2. The topological polar surface area (TPSA) is 52.9 Å². The molecule has 0 aromatic heterocycles. The van der Waals surface area contributed by atoms with E-state index in [1.807, 2.05) is 0 Å². The maximum Gasteiger partial charge on any atom is 0.244 e. The standard InChI is InChI=1S/C8H10N2O/c1-2-3-7(11)10-8(6-9)4-5-8/h2-3H,4-5H2,1H3,(H,10,11)/b3-2-. The summed E-state index contributed by atoms with van der Waals surface area (Å²) in [4.78, 5) is 10.9. The monoisotopic (exact) mass is 150 g/mol. The summed E-state index contributed by atoms with van der Waals surface area (Å²) in [5.74, 6) is -0.174. The van der Waals surface area contributed by atoms with E-state index in [0.717, 1.165) is 12.8 Å². The minimum Gasteiger partial charge on any atom is -0.334 e. The lowest BCUT2D eigenvalue weighted by Crippen LogP contribution is -2.34. The molecule has 1 N–H and O–H groups in total. The van der Waals surface area contributed by atoms with Gasteiger partial charge in [-0.2, -0.15) is 5.26 Å². The second kappa shape index (κ2) is 2.75. The van der Waals surface area contributed by atoms with E-state index in [-0.39, 0.29) is 5.91 Å². The van der Waals surface area contributed by atoms with Crippen molar-refractivity contribution in [3.63, 3.8) is 0 Å². The Bertz CT molecular complexity index is 233. The number of nitriles is 1. The molecule has 0 aromatic carbocycles. The van der Waals surface area contributed by atoms with Crippen molar-refractivity contribution in [2.75, 3.05) is 0 Å². The second-order valence-corrected chi connectivity index (χ2v) is 2.68. The van der Waals surface area contributed by atoms with E-state index in [0.29, 0.717) is 0 Å². The highest BCUT2D eigenvalue weighted by Crippen LogP contribution is 2.34. The molecule has 3 heteroatoms. The predicted molar refractivity (Wildman–Crippen MR) is 40.5 cm³/mol. The minimum absolute atomic E-state index is 0.174. The fourth-order valence-electron chi connectivity index (χ4n) is 0.819. The number of hydrogen-bond acceptors (Lipinski definition) is 2. The molecule has 0 atom stereocenters. The lowest BCUT2D eigenvalue weighted by atomic mass is 10.3. The highest BCUT2D eigenvalue weighted by atomic mass is 16.1. The summed E-state index contributed by atoms with van der Waals surface area (Å²) in [6, 6.07) is 2.08. The molecule has 0 heterocycles. The van der Waals surface area contributed by atoms with Gasteiger partial charge in [-0.3, -0.25) is 4.79 Å². The van der Waals surface area contributed by atoms with E-state index < -0.39 is 5.54 Å². The van der Waals surface area contributed by atoms with Gasteiger partial charge < -0.3 is 5.32 Å². The highest BCUT2D eigenvalue weighted by Gasteiger charge is 2.44. The zero-order valence-electron chi connectivity index (χ0n) is 6.42. The van der Waals surface area contributed by atoms with Gasteiger partial charge in [-0.05, 0) is 25.8 Å². The first-order valence-electron chi connectivity index (χ1n) is 3.58. The molecule has 11 heavy (non-hydrogen) atoms. The van der Waals surface area contributed by atoms with Crippen LogP contribution in [0.5, 0.6) is 0 Å². The van der Waals surface area contributed by atoms with Gasteiger partial charge in [-0.25, -0.2) is 0 Å². The number of hydrogen-bond donors (Lipinski definition) is 1. The van der Waals surface area contributed by atoms with Crippen LogP contribution in [-0.2, 0) is 4.79 Å². The molecular weight excluding hydrogens is 140 g/mol. The molecule has 0 bridgehead atoms. The molecule has 0 radical (unpaired) electrons. The van der Waals surface area contributed by atoms with Crippen molar-refractivity contribution in [2.24, 2.45) is 0 Å². The molecule has 1 aliphatic carbocycles. The van der Waals surface area contributed by atoms with Gasteiger partial charge in [0.25, 0.3) is 0 Å². The fourth-order valence-corrected chi connectivity index (χ4v) is 0.819. The van der Waals surface area contributed by atoms with Crippen LogP contribution in [0.25, 0.3) is 0 Å². The first kappa shape index (κ1) is 7.80. The Kier molecular flexibility index (Phi) is 1.95. The molecule has 1 saturated carbocycles. The lowest BCUT2D eigenvalue weighted by molar-refractivity contribution is -0.117. The van der Waals surface area contributed by atoms with Crippen LogP contribution in [0.1, 0.15) is 19.8 Å². The summed E-state index contributed by atoms with van der Waals surface area (Å²) in [6.07, 6.45) is 4.65. The van der Waals surface area contributed by atoms with Crippen molar-refractivity contribution in [3.8, 4) is 6.07 Å². The molecule has 58 valence electrons. The number of nitrogens with one attached hydrogen (secondary N) is 1.